The predicted octanol–water partition coefficient (Wildman–Crippen LogP) is 2.50. The fourth-order valence-electron chi connectivity index (χ4n) is 3.54. The van der Waals surface area contributed by atoms with E-state index < -0.39 is 0 Å². The third kappa shape index (κ3) is 6.45. The Bertz CT molecular complexity index is 645. The standard InChI is InChI=1S/C21H34N4O2/c1-16-8-9-19(27-4)18(15-16)10-12-23-21(22-3)24-13-11-20(26)25-14-6-5-7-17(25)2/h8-9,15,17H,5-7,10-14H2,1-4H3,(H2,22,23,24). The molecule has 1 amide bonds. The van der Waals surface area contributed by atoms with Crippen LogP contribution in [0.5, 0.6) is 5.75 Å². The topological polar surface area (TPSA) is 66.0 Å². The van der Waals surface area contributed by atoms with E-state index in [1.165, 1.54) is 17.5 Å². The fraction of sp³-hybridized carbons (Fsp3) is 0.619. The zero-order valence-electron chi connectivity index (χ0n) is 17.2. The molecule has 0 aliphatic carbocycles. The molecule has 1 aromatic rings. The molecule has 1 unspecified atom stereocenters. The number of methoxy groups -OCH3 is 1. The SMILES string of the molecule is CN=C(NCCC(=O)N1CCCCC1C)NCCc1cc(C)ccc1OC. The zero-order valence-corrected chi connectivity index (χ0v) is 17.2. The van der Waals surface area contributed by atoms with Crippen LogP contribution in [0.2, 0.25) is 0 Å². The van der Waals surface area contributed by atoms with Crippen molar-refractivity contribution in [2.45, 2.75) is 52.0 Å². The first-order chi connectivity index (χ1) is 13.0. The number of amides is 1. The normalized spacial score (nSPS) is 17.6. The van der Waals surface area contributed by atoms with Crippen LogP contribution >= 0.6 is 0 Å². The van der Waals surface area contributed by atoms with Crippen LogP contribution in [0.15, 0.2) is 23.2 Å². The number of hydrogen-bond acceptors (Lipinski definition) is 3. The molecule has 0 aromatic heterocycles. The molecule has 2 rings (SSSR count). The van der Waals surface area contributed by atoms with Crippen LogP contribution in [0.4, 0.5) is 0 Å². The molecule has 150 valence electrons. The fourth-order valence-corrected chi connectivity index (χ4v) is 3.54. The molecule has 1 aliphatic rings. The van der Waals surface area contributed by atoms with Gasteiger partial charge >= 0.3 is 0 Å². The number of ether oxygens (including phenoxy) is 1. The zero-order chi connectivity index (χ0) is 19.6. The van der Waals surface area contributed by atoms with Gasteiger partial charge in [0.25, 0.3) is 0 Å². The van der Waals surface area contributed by atoms with Gasteiger partial charge in [0, 0.05) is 39.1 Å². The maximum Gasteiger partial charge on any atom is 0.224 e. The van der Waals surface area contributed by atoms with Gasteiger partial charge in [-0.25, -0.2) is 0 Å². The number of guanidine groups is 1. The lowest BCUT2D eigenvalue weighted by Crippen LogP contribution is -2.44. The molecule has 1 atom stereocenters. The van der Waals surface area contributed by atoms with Gasteiger partial charge in [0.05, 0.1) is 7.11 Å². The number of aliphatic imine (C=N–C) groups is 1. The number of benzene rings is 1. The van der Waals surface area contributed by atoms with Gasteiger partial charge in [-0.15, -0.1) is 0 Å². The largest absolute Gasteiger partial charge is 0.496 e. The van der Waals surface area contributed by atoms with Crippen LogP contribution in [0.1, 0.15) is 43.7 Å². The number of likely N-dealkylation sites (tertiary alicyclic amines) is 1. The van der Waals surface area contributed by atoms with Crippen LogP contribution in [-0.2, 0) is 11.2 Å². The van der Waals surface area contributed by atoms with E-state index >= 15 is 0 Å². The Morgan fingerprint density at radius 3 is 2.78 bits per heavy atom. The molecule has 1 fully saturated rings. The predicted molar refractivity (Wildman–Crippen MR) is 110 cm³/mol. The first-order valence-electron chi connectivity index (χ1n) is 9.92. The summed E-state index contributed by atoms with van der Waals surface area (Å²) in [5.74, 6) is 1.86. The number of rotatable bonds is 7. The number of carbonyl (C=O) groups excluding carboxylic acids is 1. The van der Waals surface area contributed by atoms with Crippen molar-refractivity contribution in [3.8, 4) is 5.75 Å². The summed E-state index contributed by atoms with van der Waals surface area (Å²) in [6.45, 7) is 6.46. The lowest BCUT2D eigenvalue weighted by Gasteiger charge is -2.33. The van der Waals surface area contributed by atoms with Crippen molar-refractivity contribution in [2.75, 3.05) is 33.8 Å². The third-order valence-corrected chi connectivity index (χ3v) is 5.10. The highest BCUT2D eigenvalue weighted by Gasteiger charge is 2.22. The minimum atomic E-state index is 0.231. The van der Waals surface area contributed by atoms with E-state index in [1.54, 1.807) is 14.2 Å². The van der Waals surface area contributed by atoms with E-state index in [9.17, 15) is 4.79 Å². The van der Waals surface area contributed by atoms with Gasteiger partial charge in [-0.2, -0.15) is 0 Å². The molecule has 1 heterocycles. The van der Waals surface area contributed by atoms with Crippen molar-refractivity contribution >= 4 is 11.9 Å². The molecule has 1 aromatic carbocycles. The molecule has 0 radical (unpaired) electrons. The number of carbonyl (C=O) groups is 1. The molecule has 0 spiro atoms. The summed E-state index contributed by atoms with van der Waals surface area (Å²) in [4.78, 5) is 18.7. The second-order valence-electron chi connectivity index (χ2n) is 7.17. The van der Waals surface area contributed by atoms with Gasteiger partial charge in [-0.1, -0.05) is 17.7 Å². The molecule has 6 heteroatoms. The minimum Gasteiger partial charge on any atom is -0.496 e. The molecular formula is C21H34N4O2. The highest BCUT2D eigenvalue weighted by molar-refractivity contribution is 5.81. The summed E-state index contributed by atoms with van der Waals surface area (Å²) in [6, 6.07) is 6.57. The molecular weight excluding hydrogens is 340 g/mol. The first kappa shape index (κ1) is 21.1. The van der Waals surface area contributed by atoms with Crippen molar-refractivity contribution in [1.82, 2.24) is 15.5 Å². The Morgan fingerprint density at radius 2 is 2.07 bits per heavy atom. The van der Waals surface area contributed by atoms with Crippen molar-refractivity contribution in [3.63, 3.8) is 0 Å². The van der Waals surface area contributed by atoms with Gasteiger partial charge < -0.3 is 20.3 Å². The summed E-state index contributed by atoms with van der Waals surface area (Å²) in [7, 11) is 3.44. The van der Waals surface area contributed by atoms with E-state index in [-0.39, 0.29) is 5.91 Å². The summed E-state index contributed by atoms with van der Waals surface area (Å²) in [6.07, 6.45) is 4.80. The van der Waals surface area contributed by atoms with E-state index in [1.807, 2.05) is 11.0 Å². The van der Waals surface area contributed by atoms with Crippen LogP contribution < -0.4 is 15.4 Å². The minimum absolute atomic E-state index is 0.231. The van der Waals surface area contributed by atoms with E-state index in [4.69, 9.17) is 4.74 Å². The lowest BCUT2D eigenvalue weighted by molar-refractivity contribution is -0.134. The van der Waals surface area contributed by atoms with Gasteiger partial charge in [0.2, 0.25) is 5.91 Å². The van der Waals surface area contributed by atoms with Crippen LogP contribution in [0.25, 0.3) is 0 Å². The van der Waals surface area contributed by atoms with Gasteiger partial charge in [-0.05, 0) is 51.2 Å². The molecule has 0 bridgehead atoms. The summed E-state index contributed by atoms with van der Waals surface area (Å²) < 4.78 is 5.43. The average molecular weight is 375 g/mol. The Labute approximate surface area is 163 Å². The first-order valence-corrected chi connectivity index (χ1v) is 9.92. The molecule has 1 aliphatic heterocycles. The Morgan fingerprint density at radius 1 is 1.30 bits per heavy atom. The van der Waals surface area contributed by atoms with E-state index in [2.05, 4.69) is 41.6 Å². The van der Waals surface area contributed by atoms with Crippen molar-refractivity contribution < 1.29 is 9.53 Å². The number of nitrogens with zero attached hydrogens (tertiary/aromatic N) is 2. The van der Waals surface area contributed by atoms with Crippen molar-refractivity contribution in [1.29, 1.82) is 0 Å². The summed E-state index contributed by atoms with van der Waals surface area (Å²) >= 11 is 0. The van der Waals surface area contributed by atoms with Crippen LogP contribution in [0.3, 0.4) is 0 Å². The lowest BCUT2D eigenvalue weighted by atomic mass is 10.0. The number of hydrogen-bond donors (Lipinski definition) is 2. The van der Waals surface area contributed by atoms with E-state index in [0.29, 0.717) is 19.0 Å². The highest BCUT2D eigenvalue weighted by atomic mass is 16.5. The Kier molecular flexibility index (Phi) is 8.43. The molecule has 6 nitrogen and oxygen atoms in total. The molecule has 27 heavy (non-hydrogen) atoms. The molecule has 1 saturated heterocycles. The molecule has 0 saturated carbocycles. The van der Waals surface area contributed by atoms with Gasteiger partial charge in [-0.3, -0.25) is 9.79 Å². The van der Waals surface area contributed by atoms with Crippen molar-refractivity contribution in [3.05, 3.63) is 29.3 Å². The smallest absolute Gasteiger partial charge is 0.224 e. The average Bonchev–Trinajstić information content (AvgIpc) is 2.67. The monoisotopic (exact) mass is 374 g/mol. The molecule has 2 N–H and O–H groups in total. The second-order valence-corrected chi connectivity index (χ2v) is 7.17. The van der Waals surface area contributed by atoms with Crippen LogP contribution in [-0.4, -0.2) is 56.6 Å². The highest BCUT2D eigenvalue weighted by Crippen LogP contribution is 2.19. The maximum atomic E-state index is 12.4. The van der Waals surface area contributed by atoms with Crippen LogP contribution in [0, 0.1) is 6.92 Å². The third-order valence-electron chi connectivity index (χ3n) is 5.10. The van der Waals surface area contributed by atoms with Crippen molar-refractivity contribution in [2.24, 2.45) is 4.99 Å². The number of aryl methyl sites for hydroxylation is 1. The Hall–Kier alpha value is -2.24. The van der Waals surface area contributed by atoms with Gasteiger partial charge in [0.1, 0.15) is 5.75 Å². The summed E-state index contributed by atoms with van der Waals surface area (Å²) in [5.41, 5.74) is 2.40. The Balaban J connectivity index is 1.73. The number of nitrogens with one attached hydrogen (secondary N) is 2. The number of piperidine rings is 1. The quantitative estimate of drug-likeness (QED) is 0.568. The summed E-state index contributed by atoms with van der Waals surface area (Å²) in [5, 5.41) is 6.55. The maximum absolute atomic E-state index is 12.4. The van der Waals surface area contributed by atoms with E-state index in [0.717, 1.165) is 44.1 Å². The second kappa shape index (κ2) is 10.8. The van der Waals surface area contributed by atoms with Gasteiger partial charge in [0.15, 0.2) is 5.96 Å².